The summed E-state index contributed by atoms with van der Waals surface area (Å²) in [4.78, 5) is 17.8. The average Bonchev–Trinajstić information content (AvgIpc) is 3.16. The van der Waals surface area contributed by atoms with Gasteiger partial charge in [0, 0.05) is 37.6 Å². The van der Waals surface area contributed by atoms with Crippen LogP contribution >= 0.6 is 11.3 Å². The number of methoxy groups -OCH3 is 2. The van der Waals surface area contributed by atoms with E-state index in [1.165, 1.54) is 4.88 Å². The van der Waals surface area contributed by atoms with Gasteiger partial charge in [-0.1, -0.05) is 12.1 Å². The number of aliphatic carboxylic acids is 1. The molecule has 0 unspecified atom stereocenters. The zero-order valence-corrected chi connectivity index (χ0v) is 15.9. The van der Waals surface area contributed by atoms with Crippen LogP contribution in [-0.2, 0) is 11.3 Å². The summed E-state index contributed by atoms with van der Waals surface area (Å²) in [6, 6.07) is 8.77. The van der Waals surface area contributed by atoms with Crippen LogP contribution in [0.5, 0.6) is 11.5 Å². The number of carboxylic acids is 1. The van der Waals surface area contributed by atoms with Crippen LogP contribution < -0.4 is 9.47 Å². The van der Waals surface area contributed by atoms with Gasteiger partial charge in [0.25, 0.3) is 0 Å². The number of rotatable bonds is 7. The summed E-state index contributed by atoms with van der Waals surface area (Å²) >= 11 is 1.75. The van der Waals surface area contributed by atoms with Gasteiger partial charge < -0.3 is 14.6 Å². The zero-order chi connectivity index (χ0) is 18.5. The van der Waals surface area contributed by atoms with Crippen molar-refractivity contribution in [2.45, 2.75) is 12.6 Å². The van der Waals surface area contributed by atoms with E-state index in [0.29, 0.717) is 30.2 Å². The Morgan fingerprint density at radius 2 is 1.77 bits per heavy atom. The largest absolute Gasteiger partial charge is 0.496 e. The lowest BCUT2D eigenvalue weighted by Gasteiger charge is -2.38. The van der Waals surface area contributed by atoms with E-state index in [1.807, 2.05) is 4.90 Å². The number of piperazine rings is 1. The lowest BCUT2D eigenvalue weighted by atomic mass is 10.0. The Hall–Kier alpha value is -2.09. The topological polar surface area (TPSA) is 62.2 Å². The van der Waals surface area contributed by atoms with Crippen molar-refractivity contribution in [2.24, 2.45) is 0 Å². The van der Waals surface area contributed by atoms with E-state index in [2.05, 4.69) is 22.4 Å². The lowest BCUT2D eigenvalue weighted by molar-refractivity contribution is -0.144. The zero-order valence-electron chi connectivity index (χ0n) is 15.1. The highest BCUT2D eigenvalue weighted by Gasteiger charge is 2.34. The second-order valence-corrected chi connectivity index (χ2v) is 7.24. The summed E-state index contributed by atoms with van der Waals surface area (Å²) in [6.45, 7) is 3.95. The highest BCUT2D eigenvalue weighted by molar-refractivity contribution is 7.09. The maximum atomic E-state index is 12.1. The molecular formula is C19H24N2O4S. The highest BCUT2D eigenvalue weighted by atomic mass is 32.1. The van der Waals surface area contributed by atoms with Crippen LogP contribution in [0.3, 0.4) is 0 Å². The Bertz CT molecular complexity index is 705. The van der Waals surface area contributed by atoms with Crippen molar-refractivity contribution in [1.82, 2.24) is 9.80 Å². The Morgan fingerprint density at radius 3 is 2.27 bits per heavy atom. The average molecular weight is 376 g/mol. The van der Waals surface area contributed by atoms with Crippen molar-refractivity contribution >= 4 is 17.3 Å². The normalized spacial score (nSPS) is 17.0. The van der Waals surface area contributed by atoms with E-state index < -0.39 is 12.0 Å². The van der Waals surface area contributed by atoms with Gasteiger partial charge in [-0.25, -0.2) is 0 Å². The van der Waals surface area contributed by atoms with Gasteiger partial charge in [-0.05, 0) is 23.6 Å². The molecule has 1 saturated heterocycles. The van der Waals surface area contributed by atoms with Crippen LogP contribution in [0.1, 0.15) is 16.5 Å². The van der Waals surface area contributed by atoms with Crippen LogP contribution in [0.2, 0.25) is 0 Å². The van der Waals surface area contributed by atoms with Crippen LogP contribution in [-0.4, -0.2) is 61.3 Å². The van der Waals surface area contributed by atoms with Gasteiger partial charge in [-0.2, -0.15) is 0 Å². The smallest absolute Gasteiger partial charge is 0.325 e. The monoisotopic (exact) mass is 376 g/mol. The number of ether oxygens (including phenoxy) is 2. The molecule has 0 radical (unpaired) electrons. The first-order valence-corrected chi connectivity index (χ1v) is 9.44. The van der Waals surface area contributed by atoms with E-state index in [0.717, 1.165) is 19.6 Å². The molecule has 0 bridgehead atoms. The third-order valence-corrected chi connectivity index (χ3v) is 5.57. The fourth-order valence-electron chi connectivity index (χ4n) is 3.41. The quantitative estimate of drug-likeness (QED) is 0.802. The molecule has 1 fully saturated rings. The van der Waals surface area contributed by atoms with Gasteiger partial charge in [0.05, 0.1) is 19.8 Å². The fourth-order valence-corrected chi connectivity index (χ4v) is 4.16. The second kappa shape index (κ2) is 8.53. The summed E-state index contributed by atoms with van der Waals surface area (Å²) in [6.07, 6.45) is 0. The first-order chi connectivity index (χ1) is 12.6. The number of carboxylic acid groups (broad SMARTS) is 1. The maximum absolute atomic E-state index is 12.1. The van der Waals surface area contributed by atoms with Gasteiger partial charge in [0.2, 0.25) is 0 Å². The Morgan fingerprint density at radius 1 is 1.12 bits per heavy atom. The van der Waals surface area contributed by atoms with Gasteiger partial charge in [0.15, 0.2) is 0 Å². The number of carbonyl (C=O) groups is 1. The highest BCUT2D eigenvalue weighted by Crippen LogP contribution is 2.37. The Labute approximate surface area is 157 Å². The van der Waals surface area contributed by atoms with Crippen molar-refractivity contribution < 1.29 is 19.4 Å². The van der Waals surface area contributed by atoms with Crippen LogP contribution in [0.4, 0.5) is 0 Å². The lowest BCUT2D eigenvalue weighted by Crippen LogP contribution is -2.48. The van der Waals surface area contributed by atoms with Crippen LogP contribution in [0.15, 0.2) is 35.7 Å². The third-order valence-electron chi connectivity index (χ3n) is 4.70. The molecule has 1 aliphatic rings. The summed E-state index contributed by atoms with van der Waals surface area (Å²) < 4.78 is 10.8. The molecule has 1 atom stereocenters. The molecule has 3 rings (SSSR count). The second-order valence-electron chi connectivity index (χ2n) is 6.21. The molecule has 26 heavy (non-hydrogen) atoms. The third kappa shape index (κ3) is 4.00. The predicted molar refractivity (Wildman–Crippen MR) is 101 cm³/mol. The molecule has 7 heteroatoms. The minimum atomic E-state index is -0.889. The van der Waals surface area contributed by atoms with E-state index in [1.54, 1.807) is 43.8 Å². The molecule has 1 aromatic heterocycles. The maximum Gasteiger partial charge on any atom is 0.325 e. The molecule has 1 N–H and O–H groups in total. The van der Waals surface area contributed by atoms with Crippen molar-refractivity contribution in [1.29, 1.82) is 0 Å². The molecule has 140 valence electrons. The number of thiophene rings is 1. The number of hydrogen-bond acceptors (Lipinski definition) is 6. The Balaban J connectivity index is 1.77. The fraction of sp³-hybridized carbons (Fsp3) is 0.421. The minimum Gasteiger partial charge on any atom is -0.496 e. The molecular weight excluding hydrogens is 352 g/mol. The molecule has 6 nitrogen and oxygen atoms in total. The summed E-state index contributed by atoms with van der Waals surface area (Å²) in [7, 11) is 3.10. The SMILES string of the molecule is COc1cccc(OC)c1[C@H](C(=O)O)N1CCN(Cc2cccs2)CC1. The molecule has 0 amide bonds. The number of benzene rings is 1. The molecule has 2 aromatic rings. The standard InChI is InChI=1S/C19H24N2O4S/c1-24-15-6-3-7-16(25-2)17(15)18(19(22)23)21-10-8-20(9-11-21)13-14-5-4-12-26-14/h3-7,12,18H,8-11,13H2,1-2H3,(H,22,23)/t18-/m1/s1. The van der Waals surface area contributed by atoms with Crippen molar-refractivity contribution in [3.05, 3.63) is 46.2 Å². The molecule has 0 saturated carbocycles. The molecule has 2 heterocycles. The predicted octanol–water partition coefficient (Wildman–Crippen LogP) is 2.71. The Kier molecular flexibility index (Phi) is 6.13. The van der Waals surface area contributed by atoms with Crippen molar-refractivity contribution in [3.8, 4) is 11.5 Å². The first-order valence-electron chi connectivity index (χ1n) is 8.56. The van der Waals surface area contributed by atoms with E-state index in [-0.39, 0.29) is 0 Å². The van der Waals surface area contributed by atoms with E-state index in [4.69, 9.17) is 9.47 Å². The van der Waals surface area contributed by atoms with Gasteiger partial charge in [-0.3, -0.25) is 14.6 Å². The molecule has 1 aliphatic heterocycles. The molecule has 0 aliphatic carbocycles. The summed E-state index contributed by atoms with van der Waals surface area (Å²) in [5, 5.41) is 12.0. The van der Waals surface area contributed by atoms with Crippen molar-refractivity contribution in [3.63, 3.8) is 0 Å². The number of nitrogens with zero attached hydrogens (tertiary/aromatic N) is 2. The van der Waals surface area contributed by atoms with Gasteiger partial charge in [0.1, 0.15) is 17.5 Å². The van der Waals surface area contributed by atoms with E-state index >= 15 is 0 Å². The first kappa shape index (κ1) is 18.7. The summed E-state index contributed by atoms with van der Waals surface area (Å²) in [5.41, 5.74) is 0.580. The van der Waals surface area contributed by atoms with Crippen LogP contribution in [0.25, 0.3) is 0 Å². The van der Waals surface area contributed by atoms with Gasteiger partial charge >= 0.3 is 5.97 Å². The summed E-state index contributed by atoms with van der Waals surface area (Å²) in [5.74, 6) is 0.190. The minimum absolute atomic E-state index is 0.540. The molecule has 1 aromatic carbocycles. The molecule has 0 spiro atoms. The van der Waals surface area contributed by atoms with Crippen LogP contribution in [0, 0.1) is 0 Å². The van der Waals surface area contributed by atoms with Gasteiger partial charge in [-0.15, -0.1) is 11.3 Å². The van der Waals surface area contributed by atoms with Crippen molar-refractivity contribution in [2.75, 3.05) is 40.4 Å². The number of hydrogen-bond donors (Lipinski definition) is 1. The van der Waals surface area contributed by atoms with E-state index in [9.17, 15) is 9.90 Å².